The van der Waals surface area contributed by atoms with Gasteiger partial charge in [0.05, 0.1) is 18.9 Å². The molecule has 2 unspecified atom stereocenters. The lowest BCUT2D eigenvalue weighted by Gasteiger charge is -2.38. The fourth-order valence-corrected chi connectivity index (χ4v) is 5.60. The van der Waals surface area contributed by atoms with E-state index < -0.39 is 19.6 Å². The summed E-state index contributed by atoms with van der Waals surface area (Å²) < 4.78 is 63.4. The van der Waals surface area contributed by atoms with E-state index in [4.69, 9.17) is 10.5 Å². The van der Waals surface area contributed by atoms with E-state index >= 15 is 0 Å². The van der Waals surface area contributed by atoms with E-state index in [2.05, 4.69) is 19.7 Å². The van der Waals surface area contributed by atoms with Crippen LogP contribution >= 0.6 is 0 Å². The van der Waals surface area contributed by atoms with Gasteiger partial charge in [-0.25, -0.2) is 13.8 Å². The van der Waals surface area contributed by atoms with Crippen LogP contribution in [0.2, 0.25) is 0 Å². The van der Waals surface area contributed by atoms with E-state index in [1.807, 2.05) is 0 Å². The first kappa shape index (κ1) is 22.4. The van der Waals surface area contributed by atoms with Gasteiger partial charge in [-0.1, -0.05) is 0 Å². The van der Waals surface area contributed by atoms with Gasteiger partial charge in [-0.05, 0) is 43.7 Å². The molecule has 1 saturated heterocycles. The Hall–Kier alpha value is -2.40. The summed E-state index contributed by atoms with van der Waals surface area (Å²) in [7, 11) is 0. The Bertz CT molecular complexity index is 997. The summed E-state index contributed by atoms with van der Waals surface area (Å²) in [6.45, 7) is -0.188. The second-order valence-corrected chi connectivity index (χ2v) is 9.11. The van der Waals surface area contributed by atoms with Crippen molar-refractivity contribution in [1.82, 2.24) is 19.7 Å². The van der Waals surface area contributed by atoms with E-state index in [-0.39, 0.29) is 17.0 Å². The number of alkyl halides is 4. The molecular weight excluding hydrogens is 442 g/mol. The highest BCUT2D eigenvalue weighted by molar-refractivity contribution is 5.64. The second-order valence-electron chi connectivity index (χ2n) is 9.11. The number of hydrogen-bond donors (Lipinski definition) is 1. The monoisotopic (exact) mass is 469 g/mol. The van der Waals surface area contributed by atoms with E-state index in [0.717, 1.165) is 57.7 Å². The van der Waals surface area contributed by atoms with Crippen LogP contribution in [0.1, 0.15) is 31.4 Å². The predicted octanol–water partition coefficient (Wildman–Crippen LogP) is 3.54. The molecule has 3 heterocycles. The molecule has 2 saturated carbocycles. The summed E-state index contributed by atoms with van der Waals surface area (Å²) in [5.74, 6) is -0.0168. The zero-order chi connectivity index (χ0) is 23.2. The lowest BCUT2D eigenvalue weighted by Crippen LogP contribution is -2.45. The van der Waals surface area contributed by atoms with Crippen molar-refractivity contribution in [3.8, 4) is 17.0 Å². The minimum atomic E-state index is -3.05. The lowest BCUT2D eigenvalue weighted by atomic mass is 9.82. The Labute approximate surface area is 188 Å². The Morgan fingerprint density at radius 2 is 2.00 bits per heavy atom. The molecule has 7 nitrogen and oxygen atoms in total. The third kappa shape index (κ3) is 4.40. The fourth-order valence-electron chi connectivity index (χ4n) is 5.60. The van der Waals surface area contributed by atoms with Gasteiger partial charge in [-0.3, -0.25) is 9.58 Å². The van der Waals surface area contributed by atoms with Crippen LogP contribution in [-0.4, -0.2) is 65.0 Å². The molecule has 0 bridgehead atoms. The number of aromatic nitrogens is 3. The number of nitrogens with two attached hydrogens (primary N) is 1. The SMILES string of the molecule is Nc1ncc(-c2cc(C34CCC(N5CCOCC5)C[C@H]3C4)n(CC(F)F)n2)cc1OC(F)F. The molecular formula is C22H27F4N5O2. The summed E-state index contributed by atoms with van der Waals surface area (Å²) in [6, 6.07) is 3.62. The molecule has 0 amide bonds. The van der Waals surface area contributed by atoms with Gasteiger partial charge < -0.3 is 15.2 Å². The number of nitrogens with zero attached hydrogens (tertiary/aromatic N) is 4. The van der Waals surface area contributed by atoms with Crippen molar-refractivity contribution in [3.05, 3.63) is 24.0 Å². The summed E-state index contributed by atoms with van der Waals surface area (Å²) in [5, 5.41) is 4.41. The van der Waals surface area contributed by atoms with Crippen molar-refractivity contribution < 1.29 is 27.0 Å². The number of anilines is 1. The van der Waals surface area contributed by atoms with Crippen molar-refractivity contribution in [3.63, 3.8) is 0 Å². The number of pyridine rings is 1. The maximum atomic E-state index is 13.4. The highest BCUT2D eigenvalue weighted by Gasteiger charge is 2.60. The van der Waals surface area contributed by atoms with Gasteiger partial charge in [0.25, 0.3) is 6.43 Å². The summed E-state index contributed by atoms with van der Waals surface area (Å²) >= 11 is 0. The maximum Gasteiger partial charge on any atom is 0.387 e. The zero-order valence-electron chi connectivity index (χ0n) is 18.1. The van der Waals surface area contributed by atoms with E-state index in [1.54, 1.807) is 6.07 Å². The zero-order valence-corrected chi connectivity index (χ0v) is 18.1. The van der Waals surface area contributed by atoms with Crippen molar-refractivity contribution in [2.24, 2.45) is 5.92 Å². The standard InChI is InChI=1S/C22H27F4N5O2/c23-19(24)12-31-18(9-16(29-31)13-7-17(33-21(25)26)20(27)28-11-13)22-2-1-15(8-14(22)10-22)30-3-5-32-6-4-30/h7,9,11,14-15,19,21H,1-6,8,10,12H2,(H2,27,28)/t14-,15?,22?/m0/s1. The van der Waals surface area contributed by atoms with Crippen LogP contribution in [0.5, 0.6) is 5.75 Å². The van der Waals surface area contributed by atoms with E-state index in [1.165, 1.54) is 16.9 Å². The fraction of sp³-hybridized carbons (Fsp3) is 0.636. The molecule has 3 aliphatic rings. The Morgan fingerprint density at radius 3 is 2.70 bits per heavy atom. The molecule has 2 N–H and O–H groups in total. The Kier molecular flexibility index (Phi) is 5.94. The molecule has 11 heteroatoms. The third-order valence-electron chi connectivity index (χ3n) is 7.27. The average molecular weight is 469 g/mol. The molecule has 2 aromatic heterocycles. The smallest absolute Gasteiger partial charge is 0.387 e. The molecule has 2 aliphatic carbocycles. The van der Waals surface area contributed by atoms with Crippen LogP contribution in [0.15, 0.2) is 18.3 Å². The largest absolute Gasteiger partial charge is 0.431 e. The van der Waals surface area contributed by atoms with Gasteiger partial charge in [0.1, 0.15) is 6.54 Å². The third-order valence-corrected chi connectivity index (χ3v) is 7.27. The molecule has 0 aromatic carbocycles. The van der Waals surface area contributed by atoms with Crippen molar-refractivity contribution in [2.45, 2.75) is 56.7 Å². The molecule has 1 aliphatic heterocycles. The van der Waals surface area contributed by atoms with Gasteiger partial charge in [-0.15, -0.1) is 0 Å². The normalized spacial score (nSPS) is 27.7. The van der Waals surface area contributed by atoms with Crippen LogP contribution in [0.3, 0.4) is 0 Å². The number of halogens is 4. The van der Waals surface area contributed by atoms with Crippen LogP contribution in [0.4, 0.5) is 23.4 Å². The molecule has 5 rings (SSSR count). The van der Waals surface area contributed by atoms with E-state index in [9.17, 15) is 17.6 Å². The van der Waals surface area contributed by atoms with Crippen molar-refractivity contribution in [2.75, 3.05) is 32.0 Å². The molecule has 0 spiro atoms. The minimum absolute atomic E-state index is 0.160. The first-order valence-corrected chi connectivity index (χ1v) is 11.2. The molecule has 3 fully saturated rings. The number of fused-ring (bicyclic) bond motifs is 1. The summed E-state index contributed by atoms with van der Waals surface area (Å²) in [5.41, 5.74) is 7.05. The first-order valence-electron chi connectivity index (χ1n) is 11.2. The quantitative estimate of drug-likeness (QED) is 0.625. The highest BCUT2D eigenvalue weighted by atomic mass is 19.3. The minimum Gasteiger partial charge on any atom is -0.431 e. The Balaban J connectivity index is 1.41. The number of nitrogen functional groups attached to an aromatic ring is 1. The van der Waals surface area contributed by atoms with Gasteiger partial charge in [-0.2, -0.15) is 13.9 Å². The van der Waals surface area contributed by atoms with Crippen LogP contribution in [0, 0.1) is 5.92 Å². The van der Waals surface area contributed by atoms with Gasteiger partial charge in [0.2, 0.25) is 0 Å². The van der Waals surface area contributed by atoms with Crippen molar-refractivity contribution in [1.29, 1.82) is 0 Å². The predicted molar refractivity (Wildman–Crippen MR) is 112 cm³/mol. The second kappa shape index (κ2) is 8.75. The molecule has 2 aromatic rings. The number of morpholine rings is 1. The first-order chi connectivity index (χ1) is 15.9. The topological polar surface area (TPSA) is 78.4 Å². The van der Waals surface area contributed by atoms with Gasteiger partial charge in [0.15, 0.2) is 11.6 Å². The van der Waals surface area contributed by atoms with Gasteiger partial charge in [0, 0.05) is 42.0 Å². The summed E-state index contributed by atoms with van der Waals surface area (Å²) in [6.07, 6.45) is 2.73. The Morgan fingerprint density at radius 1 is 1.21 bits per heavy atom. The van der Waals surface area contributed by atoms with Crippen LogP contribution in [0.25, 0.3) is 11.3 Å². The van der Waals surface area contributed by atoms with Gasteiger partial charge >= 0.3 is 6.61 Å². The number of hydrogen-bond acceptors (Lipinski definition) is 6. The molecule has 3 atom stereocenters. The summed E-state index contributed by atoms with van der Waals surface area (Å²) in [4.78, 5) is 6.40. The van der Waals surface area contributed by atoms with E-state index in [0.29, 0.717) is 23.2 Å². The van der Waals surface area contributed by atoms with Crippen molar-refractivity contribution >= 4 is 5.82 Å². The maximum absolute atomic E-state index is 13.4. The molecule has 33 heavy (non-hydrogen) atoms. The number of ether oxygens (including phenoxy) is 2. The average Bonchev–Trinajstić information content (AvgIpc) is 3.38. The molecule has 180 valence electrons. The van der Waals surface area contributed by atoms with Crippen LogP contribution in [-0.2, 0) is 16.7 Å². The van der Waals surface area contributed by atoms with Crippen LogP contribution < -0.4 is 10.5 Å². The lowest BCUT2D eigenvalue weighted by molar-refractivity contribution is -0.0494. The highest BCUT2D eigenvalue weighted by Crippen LogP contribution is 2.63. The molecule has 0 radical (unpaired) electrons. The number of rotatable bonds is 7.